The molecule has 2 aromatic heterocycles. The minimum atomic E-state index is -4.45. The van der Waals surface area contributed by atoms with Gasteiger partial charge in [-0.05, 0) is 18.2 Å². The number of amides is 1. The largest absolute Gasteiger partial charge is 0.473 e. The molecule has 0 saturated carbocycles. The van der Waals surface area contributed by atoms with Crippen molar-refractivity contribution in [2.24, 2.45) is 0 Å². The summed E-state index contributed by atoms with van der Waals surface area (Å²) in [5.74, 6) is 0.210. The molecule has 11 heteroatoms. The maximum atomic E-state index is 13.0. The Hall–Kier alpha value is -3.40. The third-order valence-electron chi connectivity index (χ3n) is 5.26. The molecule has 0 spiro atoms. The molecule has 1 aliphatic rings. The number of carboxylic acid groups (broad SMARTS) is 1. The summed E-state index contributed by atoms with van der Waals surface area (Å²) in [5.41, 5.74) is 0.836. The van der Waals surface area contributed by atoms with E-state index >= 15 is 0 Å². The zero-order chi connectivity index (χ0) is 23.6. The van der Waals surface area contributed by atoms with Gasteiger partial charge in [0.05, 0.1) is 22.5 Å². The van der Waals surface area contributed by atoms with Crippen LogP contribution in [0.25, 0.3) is 22.5 Å². The standard InChI is InChI=1S/C22H18ClF3N4O3/c23-17-11-27-8-5-16(17)20-19(13-1-3-14(4-2-13)22(24,25)26)28-12-18(29-20)33-15-6-9-30(10-7-15)21(31)32/h1-5,8,11-12,15H,6-7,9-10H2,(H,31,32). The molecular formula is C22H18ClF3N4O3. The van der Waals surface area contributed by atoms with E-state index in [1.54, 1.807) is 6.07 Å². The van der Waals surface area contributed by atoms with E-state index in [0.29, 0.717) is 53.5 Å². The summed E-state index contributed by atoms with van der Waals surface area (Å²) in [4.78, 5) is 25.3. The van der Waals surface area contributed by atoms with Crippen LogP contribution < -0.4 is 4.74 Å². The third kappa shape index (κ3) is 5.16. The van der Waals surface area contributed by atoms with E-state index in [9.17, 15) is 18.0 Å². The molecule has 1 aliphatic heterocycles. The second-order valence-corrected chi connectivity index (χ2v) is 7.83. The predicted molar refractivity (Wildman–Crippen MR) is 114 cm³/mol. The average Bonchev–Trinajstić information content (AvgIpc) is 2.79. The predicted octanol–water partition coefficient (Wildman–Crippen LogP) is 5.40. The lowest BCUT2D eigenvalue weighted by atomic mass is 10.0. The highest BCUT2D eigenvalue weighted by molar-refractivity contribution is 6.33. The van der Waals surface area contributed by atoms with Crippen LogP contribution >= 0.6 is 11.6 Å². The molecule has 1 aromatic carbocycles. The zero-order valence-electron chi connectivity index (χ0n) is 17.1. The van der Waals surface area contributed by atoms with Crippen LogP contribution in [0.1, 0.15) is 18.4 Å². The van der Waals surface area contributed by atoms with Crippen LogP contribution in [0.2, 0.25) is 5.02 Å². The van der Waals surface area contributed by atoms with E-state index in [1.807, 2.05) is 0 Å². The summed E-state index contributed by atoms with van der Waals surface area (Å²) < 4.78 is 44.8. The van der Waals surface area contributed by atoms with Crippen LogP contribution in [0.4, 0.5) is 18.0 Å². The first-order chi connectivity index (χ1) is 15.7. The second-order valence-electron chi connectivity index (χ2n) is 7.42. The Balaban J connectivity index is 1.66. The van der Waals surface area contributed by atoms with Gasteiger partial charge in [0, 0.05) is 49.5 Å². The van der Waals surface area contributed by atoms with E-state index in [2.05, 4.69) is 15.0 Å². The highest BCUT2D eigenvalue weighted by Gasteiger charge is 2.30. The van der Waals surface area contributed by atoms with Crippen LogP contribution in [-0.4, -0.2) is 50.2 Å². The number of likely N-dealkylation sites (tertiary alicyclic amines) is 1. The maximum absolute atomic E-state index is 13.0. The van der Waals surface area contributed by atoms with Crippen molar-refractivity contribution in [1.29, 1.82) is 0 Å². The maximum Gasteiger partial charge on any atom is 0.416 e. The van der Waals surface area contributed by atoms with Crippen molar-refractivity contribution in [1.82, 2.24) is 19.9 Å². The highest BCUT2D eigenvalue weighted by Crippen LogP contribution is 2.36. The van der Waals surface area contributed by atoms with Gasteiger partial charge >= 0.3 is 12.3 Å². The molecule has 7 nitrogen and oxygen atoms in total. The fourth-order valence-electron chi connectivity index (χ4n) is 3.55. The molecule has 0 atom stereocenters. The molecule has 1 fully saturated rings. The number of piperidine rings is 1. The molecule has 33 heavy (non-hydrogen) atoms. The minimum absolute atomic E-state index is 0.210. The molecule has 0 unspecified atom stereocenters. The number of aromatic nitrogens is 3. The number of carbonyl (C=O) groups is 1. The van der Waals surface area contributed by atoms with Crippen LogP contribution in [0, 0.1) is 0 Å². The first kappa shape index (κ1) is 22.8. The Kier molecular flexibility index (Phi) is 6.37. The van der Waals surface area contributed by atoms with Gasteiger partial charge in [-0.2, -0.15) is 13.2 Å². The summed E-state index contributed by atoms with van der Waals surface area (Å²) in [7, 11) is 0. The topological polar surface area (TPSA) is 88.4 Å². The van der Waals surface area contributed by atoms with E-state index in [-0.39, 0.29) is 12.0 Å². The number of ether oxygens (including phenoxy) is 1. The highest BCUT2D eigenvalue weighted by atomic mass is 35.5. The summed E-state index contributed by atoms with van der Waals surface area (Å²) in [5, 5.41) is 9.38. The fraction of sp³-hybridized carbons (Fsp3) is 0.273. The summed E-state index contributed by atoms with van der Waals surface area (Å²) in [6.07, 6.45) is -0.306. The summed E-state index contributed by atoms with van der Waals surface area (Å²) in [6, 6.07) is 6.25. The first-order valence-electron chi connectivity index (χ1n) is 10.0. The van der Waals surface area contributed by atoms with E-state index in [1.165, 1.54) is 35.6 Å². The molecule has 172 valence electrons. The molecular weight excluding hydrogens is 461 g/mol. The molecule has 4 rings (SSSR count). The van der Waals surface area contributed by atoms with Gasteiger partial charge in [0.15, 0.2) is 0 Å². The number of alkyl halides is 3. The summed E-state index contributed by atoms with van der Waals surface area (Å²) >= 11 is 6.31. The summed E-state index contributed by atoms with van der Waals surface area (Å²) in [6.45, 7) is 0.695. The van der Waals surface area contributed by atoms with Crippen molar-refractivity contribution in [2.45, 2.75) is 25.1 Å². The van der Waals surface area contributed by atoms with Crippen molar-refractivity contribution in [3.63, 3.8) is 0 Å². The first-order valence-corrected chi connectivity index (χ1v) is 10.4. The molecule has 3 aromatic rings. The molecule has 3 heterocycles. The van der Waals surface area contributed by atoms with E-state index < -0.39 is 17.8 Å². The van der Waals surface area contributed by atoms with E-state index in [4.69, 9.17) is 21.4 Å². The average molecular weight is 479 g/mol. The van der Waals surface area contributed by atoms with Crippen molar-refractivity contribution < 1.29 is 27.8 Å². The van der Waals surface area contributed by atoms with Gasteiger partial charge in [-0.3, -0.25) is 4.98 Å². The van der Waals surface area contributed by atoms with Crippen molar-refractivity contribution in [2.75, 3.05) is 13.1 Å². The molecule has 1 saturated heterocycles. The van der Waals surface area contributed by atoms with Gasteiger partial charge in [0.1, 0.15) is 11.8 Å². The number of nitrogens with zero attached hydrogens (tertiary/aromatic N) is 4. The number of pyridine rings is 1. The number of rotatable bonds is 4. The van der Waals surface area contributed by atoms with Gasteiger partial charge in [0.25, 0.3) is 0 Å². The molecule has 0 bridgehead atoms. The Morgan fingerprint density at radius 1 is 1.09 bits per heavy atom. The molecule has 1 amide bonds. The Morgan fingerprint density at radius 3 is 2.39 bits per heavy atom. The van der Waals surface area contributed by atoms with E-state index in [0.717, 1.165) is 12.1 Å². The van der Waals surface area contributed by atoms with Gasteiger partial charge in [-0.1, -0.05) is 23.7 Å². The second kappa shape index (κ2) is 9.22. The van der Waals surface area contributed by atoms with Gasteiger partial charge in [0.2, 0.25) is 5.88 Å². The normalized spacial score (nSPS) is 14.8. The SMILES string of the molecule is O=C(O)N1CCC(Oc2cnc(-c3ccc(C(F)(F)F)cc3)c(-c3ccncc3Cl)n2)CC1. The quantitative estimate of drug-likeness (QED) is 0.540. The van der Waals surface area contributed by atoms with Gasteiger partial charge < -0.3 is 14.7 Å². The van der Waals surface area contributed by atoms with Crippen molar-refractivity contribution >= 4 is 17.7 Å². The van der Waals surface area contributed by atoms with Crippen LogP contribution in [-0.2, 0) is 6.18 Å². The van der Waals surface area contributed by atoms with Crippen molar-refractivity contribution in [3.8, 4) is 28.4 Å². The van der Waals surface area contributed by atoms with Crippen LogP contribution in [0.5, 0.6) is 5.88 Å². The molecule has 1 N–H and O–H groups in total. The monoisotopic (exact) mass is 478 g/mol. The lowest BCUT2D eigenvalue weighted by Gasteiger charge is -2.29. The lowest BCUT2D eigenvalue weighted by molar-refractivity contribution is -0.137. The number of benzene rings is 1. The Labute approximate surface area is 191 Å². The Bertz CT molecular complexity index is 1150. The third-order valence-corrected chi connectivity index (χ3v) is 5.56. The Morgan fingerprint density at radius 2 is 1.79 bits per heavy atom. The van der Waals surface area contributed by atoms with Crippen molar-refractivity contribution in [3.05, 3.63) is 59.5 Å². The number of hydrogen-bond donors (Lipinski definition) is 1. The molecule has 0 radical (unpaired) electrons. The number of halogens is 4. The van der Waals surface area contributed by atoms with Gasteiger partial charge in [-0.15, -0.1) is 0 Å². The lowest BCUT2D eigenvalue weighted by Crippen LogP contribution is -2.41. The van der Waals surface area contributed by atoms with Crippen LogP contribution in [0.15, 0.2) is 48.9 Å². The molecule has 0 aliphatic carbocycles. The zero-order valence-corrected chi connectivity index (χ0v) is 17.8. The number of hydrogen-bond acceptors (Lipinski definition) is 5. The fourth-order valence-corrected chi connectivity index (χ4v) is 3.76. The van der Waals surface area contributed by atoms with Gasteiger partial charge in [-0.25, -0.2) is 14.8 Å². The minimum Gasteiger partial charge on any atom is -0.473 e. The smallest absolute Gasteiger partial charge is 0.416 e. The van der Waals surface area contributed by atoms with Crippen LogP contribution in [0.3, 0.4) is 0 Å².